The van der Waals surface area contributed by atoms with E-state index in [0.29, 0.717) is 25.2 Å². The van der Waals surface area contributed by atoms with Gasteiger partial charge < -0.3 is 25.6 Å². The van der Waals surface area contributed by atoms with Gasteiger partial charge in [0, 0.05) is 29.9 Å². The highest BCUT2D eigenvalue weighted by molar-refractivity contribution is 6.01. The van der Waals surface area contributed by atoms with Crippen molar-refractivity contribution in [2.75, 3.05) is 19.7 Å². The van der Waals surface area contributed by atoms with Crippen LogP contribution in [0.4, 0.5) is 0 Å². The Balaban J connectivity index is 1.38. The summed E-state index contributed by atoms with van der Waals surface area (Å²) >= 11 is 0. The average Bonchev–Trinajstić information content (AvgIpc) is 3.61. The van der Waals surface area contributed by atoms with Gasteiger partial charge in [-0.1, -0.05) is 24.6 Å². The number of aliphatic hydroxyl groups is 1. The Morgan fingerprint density at radius 2 is 2.00 bits per heavy atom. The molecule has 0 spiro atoms. The number of hydrogen-bond donors (Lipinski definition) is 4. The van der Waals surface area contributed by atoms with Gasteiger partial charge in [0.05, 0.1) is 6.04 Å². The molecule has 2 aromatic rings. The van der Waals surface area contributed by atoms with Crippen LogP contribution >= 0.6 is 0 Å². The first-order valence-electron chi connectivity index (χ1n) is 12.1. The number of para-hydroxylation sites is 1. The first-order valence-corrected chi connectivity index (χ1v) is 12.1. The second kappa shape index (κ2) is 9.21. The lowest BCUT2D eigenvalue weighted by Crippen LogP contribution is -2.53. The number of Topliss-reactive ketones (excluding diaryl/α,β-unsaturated/α-hetero) is 1. The fourth-order valence-electron chi connectivity index (χ4n) is 5.99. The quantitative estimate of drug-likeness (QED) is 0.483. The highest BCUT2D eigenvalue weighted by atomic mass is 16.3. The second-order valence-electron chi connectivity index (χ2n) is 9.73. The second-order valence-corrected chi connectivity index (χ2v) is 9.73. The Kier molecular flexibility index (Phi) is 6.12. The number of rotatable bonds is 7. The van der Waals surface area contributed by atoms with Crippen molar-refractivity contribution in [1.29, 1.82) is 0 Å². The zero-order valence-corrected chi connectivity index (χ0v) is 19.0. The predicted octanol–water partition coefficient (Wildman–Crippen LogP) is 0.981. The van der Waals surface area contributed by atoms with E-state index in [4.69, 9.17) is 0 Å². The first kappa shape index (κ1) is 22.6. The van der Waals surface area contributed by atoms with Gasteiger partial charge in [0.2, 0.25) is 11.8 Å². The molecule has 1 aliphatic carbocycles. The molecule has 3 aliphatic rings. The van der Waals surface area contributed by atoms with Crippen molar-refractivity contribution < 1.29 is 24.3 Å². The summed E-state index contributed by atoms with van der Waals surface area (Å²) in [6.45, 7) is 0.324. The van der Waals surface area contributed by atoms with Crippen molar-refractivity contribution in [3.63, 3.8) is 0 Å². The van der Waals surface area contributed by atoms with E-state index in [0.717, 1.165) is 30.2 Å². The molecule has 3 heterocycles. The predicted molar refractivity (Wildman–Crippen MR) is 124 cm³/mol. The summed E-state index contributed by atoms with van der Waals surface area (Å²) in [6.07, 6.45) is 3.56. The lowest BCUT2D eigenvalue weighted by Gasteiger charge is -2.29. The summed E-state index contributed by atoms with van der Waals surface area (Å²) in [5.41, 5.74) is 1.29. The van der Waals surface area contributed by atoms with E-state index in [1.54, 1.807) is 11.0 Å². The minimum Gasteiger partial charge on any atom is -0.389 e. The van der Waals surface area contributed by atoms with Gasteiger partial charge in [-0.15, -0.1) is 0 Å². The number of likely N-dealkylation sites (tertiary alicyclic amines) is 1. The molecule has 0 unspecified atom stereocenters. The van der Waals surface area contributed by atoms with Crippen molar-refractivity contribution in [3.8, 4) is 0 Å². The molecule has 5 rings (SSSR count). The van der Waals surface area contributed by atoms with E-state index in [-0.39, 0.29) is 41.9 Å². The topological polar surface area (TPSA) is 132 Å². The van der Waals surface area contributed by atoms with E-state index in [9.17, 15) is 24.3 Å². The third kappa shape index (κ3) is 4.09. The summed E-state index contributed by atoms with van der Waals surface area (Å²) in [7, 11) is 0. The van der Waals surface area contributed by atoms with Crippen LogP contribution < -0.4 is 10.6 Å². The third-order valence-electron chi connectivity index (χ3n) is 7.72. The van der Waals surface area contributed by atoms with Gasteiger partial charge in [-0.25, -0.2) is 0 Å². The van der Waals surface area contributed by atoms with Crippen LogP contribution in [0.2, 0.25) is 0 Å². The summed E-state index contributed by atoms with van der Waals surface area (Å²) in [5.74, 6) is -1.38. The molecule has 3 fully saturated rings. The number of carbonyl (C=O) groups is 4. The van der Waals surface area contributed by atoms with Gasteiger partial charge in [0.25, 0.3) is 5.91 Å². The van der Waals surface area contributed by atoms with Crippen LogP contribution in [0.25, 0.3) is 10.9 Å². The fraction of sp³-hybridized carbons (Fsp3) is 0.520. The Morgan fingerprint density at radius 1 is 1.18 bits per heavy atom. The minimum absolute atomic E-state index is 0.0352. The van der Waals surface area contributed by atoms with Crippen molar-refractivity contribution >= 4 is 34.4 Å². The van der Waals surface area contributed by atoms with Crippen molar-refractivity contribution in [2.24, 2.45) is 17.8 Å². The zero-order valence-electron chi connectivity index (χ0n) is 19.0. The molecule has 1 aromatic heterocycles. The fourth-order valence-corrected chi connectivity index (χ4v) is 5.99. The number of fused-ring (bicyclic) bond motifs is 2. The van der Waals surface area contributed by atoms with Crippen LogP contribution in [0.1, 0.15) is 42.6 Å². The van der Waals surface area contributed by atoms with Gasteiger partial charge in [-0.05, 0) is 49.7 Å². The Labute approximate surface area is 197 Å². The van der Waals surface area contributed by atoms with Crippen molar-refractivity contribution in [1.82, 2.24) is 20.5 Å². The number of ketones is 1. The molecule has 3 amide bonds. The Hall–Kier alpha value is -3.20. The maximum Gasteiger partial charge on any atom is 0.271 e. The molecular weight excluding hydrogens is 436 g/mol. The van der Waals surface area contributed by atoms with Crippen LogP contribution in [-0.2, 0) is 14.4 Å². The number of nitrogens with one attached hydrogen (secondary N) is 3. The molecule has 2 aliphatic heterocycles. The summed E-state index contributed by atoms with van der Waals surface area (Å²) < 4.78 is 0. The van der Waals surface area contributed by atoms with Crippen LogP contribution in [-0.4, -0.2) is 70.3 Å². The Bertz CT molecular complexity index is 1090. The molecule has 2 saturated heterocycles. The van der Waals surface area contributed by atoms with Crippen molar-refractivity contribution in [3.05, 3.63) is 36.0 Å². The summed E-state index contributed by atoms with van der Waals surface area (Å²) in [4.78, 5) is 56.3. The molecule has 1 saturated carbocycles. The van der Waals surface area contributed by atoms with Crippen LogP contribution in [0.5, 0.6) is 0 Å². The maximum absolute atomic E-state index is 13.5. The molecular formula is C25H30N4O5. The minimum atomic E-state index is -0.961. The number of benzene rings is 1. The van der Waals surface area contributed by atoms with Crippen LogP contribution in [0.15, 0.2) is 30.3 Å². The van der Waals surface area contributed by atoms with Crippen molar-refractivity contribution in [2.45, 2.75) is 44.2 Å². The lowest BCUT2D eigenvalue weighted by molar-refractivity contribution is -0.133. The van der Waals surface area contributed by atoms with Gasteiger partial charge in [0.1, 0.15) is 18.3 Å². The number of H-pyrrole nitrogens is 1. The number of amides is 3. The molecule has 34 heavy (non-hydrogen) atoms. The normalized spacial score (nSPS) is 27.0. The van der Waals surface area contributed by atoms with E-state index in [1.807, 2.05) is 24.3 Å². The van der Waals surface area contributed by atoms with Gasteiger partial charge in [0.15, 0.2) is 5.78 Å². The molecule has 180 valence electrons. The zero-order chi connectivity index (χ0) is 23.8. The van der Waals surface area contributed by atoms with Gasteiger partial charge >= 0.3 is 0 Å². The molecule has 1 aromatic carbocycles. The monoisotopic (exact) mass is 466 g/mol. The number of nitrogens with zero attached hydrogens (tertiary/aromatic N) is 1. The SMILES string of the molecule is O=C1NCC[C@H]1C[C@@H](NC(=O)[C@@H]1[C@@H]2CCC[C@@H]2CN1C(=O)c1cc2ccccc2[nH]1)C(=O)CO. The number of aromatic amines is 1. The lowest BCUT2D eigenvalue weighted by atomic mass is 9.92. The number of carbonyl (C=O) groups excluding carboxylic acids is 4. The van der Waals surface area contributed by atoms with E-state index < -0.39 is 24.5 Å². The third-order valence-corrected chi connectivity index (χ3v) is 7.72. The molecule has 5 atom stereocenters. The van der Waals surface area contributed by atoms with E-state index in [1.165, 1.54) is 0 Å². The van der Waals surface area contributed by atoms with Gasteiger partial charge in [-0.2, -0.15) is 0 Å². The van der Waals surface area contributed by atoms with E-state index in [2.05, 4.69) is 15.6 Å². The molecule has 0 radical (unpaired) electrons. The smallest absolute Gasteiger partial charge is 0.271 e. The van der Waals surface area contributed by atoms with Crippen LogP contribution in [0.3, 0.4) is 0 Å². The molecule has 9 heteroatoms. The highest BCUT2D eigenvalue weighted by Gasteiger charge is 2.50. The highest BCUT2D eigenvalue weighted by Crippen LogP contribution is 2.43. The molecule has 4 N–H and O–H groups in total. The first-order chi connectivity index (χ1) is 16.5. The maximum atomic E-state index is 13.5. The summed E-state index contributed by atoms with van der Waals surface area (Å²) in [6, 6.07) is 7.79. The van der Waals surface area contributed by atoms with Gasteiger partial charge in [-0.3, -0.25) is 19.2 Å². The molecule has 9 nitrogen and oxygen atoms in total. The average molecular weight is 467 g/mol. The standard InChI is InChI=1S/C25H30N4O5/c30-13-21(31)19(11-15-8-9-26-23(15)32)28-24(33)22-17-6-3-5-16(17)12-29(22)25(34)20-10-14-4-1-2-7-18(14)27-20/h1-2,4,7,10,15-17,19,22,27,30H,3,5-6,8-9,11-13H2,(H,26,32)(H,28,33)/t15-,16+,17+,19+,22-/m0/s1. The summed E-state index contributed by atoms with van der Waals surface area (Å²) in [5, 5.41) is 15.9. The molecule has 0 bridgehead atoms. The largest absolute Gasteiger partial charge is 0.389 e. The number of aromatic nitrogens is 1. The Morgan fingerprint density at radius 3 is 2.74 bits per heavy atom. The van der Waals surface area contributed by atoms with Crippen LogP contribution in [0, 0.1) is 17.8 Å². The number of aliphatic hydroxyl groups excluding tert-OH is 1. The van der Waals surface area contributed by atoms with E-state index >= 15 is 0 Å². The number of hydrogen-bond acceptors (Lipinski definition) is 5.